The summed E-state index contributed by atoms with van der Waals surface area (Å²) in [5, 5.41) is 1.37. The van der Waals surface area contributed by atoms with Gasteiger partial charge in [0.15, 0.2) is 0 Å². The fraction of sp³-hybridized carbons (Fsp3) is 1.00. The first kappa shape index (κ1) is 11.4. The first-order valence-electron chi connectivity index (χ1n) is 3.10. The molecule has 0 nitrogen and oxygen atoms in total. The third kappa shape index (κ3) is 6.10. The van der Waals surface area contributed by atoms with Crippen LogP contribution in [0.1, 0.15) is 12.8 Å². The Morgan fingerprint density at radius 3 is 2.30 bits per heavy atom. The maximum absolute atomic E-state index is 12.6. The lowest BCUT2D eigenvalue weighted by atomic mass is 10.2. The first-order valence-corrected chi connectivity index (χ1v) is 6.26. The summed E-state index contributed by atoms with van der Waals surface area (Å²) in [7, 11) is 0. The maximum Gasteiger partial charge on any atom is 0.111 e. The van der Waals surface area contributed by atoms with Gasteiger partial charge < -0.3 is 0 Å². The molecule has 2 unspecified atom stereocenters. The Labute approximate surface area is 86.3 Å². The van der Waals surface area contributed by atoms with Crippen molar-refractivity contribution < 1.29 is 4.39 Å². The van der Waals surface area contributed by atoms with Crippen LogP contribution in [0.2, 0.25) is 0 Å². The van der Waals surface area contributed by atoms with Gasteiger partial charge in [-0.15, -0.1) is 0 Å². The quantitative estimate of drug-likeness (QED) is 0.670. The normalized spacial score (nSPS) is 16.8. The lowest BCUT2D eigenvalue weighted by Crippen LogP contribution is -2.10. The van der Waals surface area contributed by atoms with Crippen LogP contribution in [0.5, 0.6) is 0 Å². The third-order valence-electron chi connectivity index (χ3n) is 1.10. The van der Waals surface area contributed by atoms with E-state index >= 15 is 0 Å². The van der Waals surface area contributed by atoms with Crippen molar-refractivity contribution in [3.63, 3.8) is 0 Å². The Kier molecular flexibility index (Phi) is 8.01. The highest BCUT2D eigenvalue weighted by Crippen LogP contribution is 2.16. The van der Waals surface area contributed by atoms with Crippen LogP contribution in [0.15, 0.2) is 0 Å². The lowest BCUT2D eigenvalue weighted by Gasteiger charge is -2.08. The molecule has 0 fully saturated rings. The minimum Gasteiger partial charge on any atom is -0.247 e. The Hall–Kier alpha value is 1.37. The van der Waals surface area contributed by atoms with Crippen LogP contribution >= 0.6 is 47.8 Å². The van der Waals surface area contributed by atoms with E-state index in [2.05, 4.69) is 47.8 Å². The SMILES string of the molecule is FC(CBr)CC(Br)CCBr. The van der Waals surface area contributed by atoms with Gasteiger partial charge in [-0.05, 0) is 12.8 Å². The summed E-state index contributed by atoms with van der Waals surface area (Å²) < 4.78 is 12.6. The molecule has 4 heteroatoms. The highest BCUT2D eigenvalue weighted by Gasteiger charge is 2.10. The largest absolute Gasteiger partial charge is 0.247 e. The van der Waals surface area contributed by atoms with E-state index in [0.29, 0.717) is 16.6 Å². The van der Waals surface area contributed by atoms with Crippen molar-refractivity contribution in [1.29, 1.82) is 0 Å². The third-order valence-corrected chi connectivity index (χ3v) is 3.09. The summed E-state index contributed by atoms with van der Waals surface area (Å²) in [5.41, 5.74) is 0. The van der Waals surface area contributed by atoms with Gasteiger partial charge in [0, 0.05) is 15.5 Å². The van der Waals surface area contributed by atoms with Crippen molar-refractivity contribution in [2.45, 2.75) is 23.8 Å². The van der Waals surface area contributed by atoms with Crippen LogP contribution in [-0.4, -0.2) is 21.7 Å². The zero-order chi connectivity index (χ0) is 7.98. The molecule has 0 aromatic carbocycles. The number of hydrogen-bond donors (Lipinski definition) is 0. The molecule has 0 saturated heterocycles. The smallest absolute Gasteiger partial charge is 0.111 e. The Morgan fingerprint density at radius 1 is 1.30 bits per heavy atom. The molecule has 0 rings (SSSR count). The highest BCUT2D eigenvalue weighted by molar-refractivity contribution is 9.10. The molecule has 0 aliphatic carbocycles. The summed E-state index contributed by atoms with van der Waals surface area (Å²) in [5.74, 6) is 0. The zero-order valence-corrected chi connectivity index (χ0v) is 10.3. The molecule has 0 bridgehead atoms. The van der Waals surface area contributed by atoms with Crippen LogP contribution in [0.4, 0.5) is 4.39 Å². The van der Waals surface area contributed by atoms with Gasteiger partial charge >= 0.3 is 0 Å². The molecular weight excluding hydrogens is 331 g/mol. The van der Waals surface area contributed by atoms with E-state index in [9.17, 15) is 4.39 Å². The molecule has 2 atom stereocenters. The van der Waals surface area contributed by atoms with E-state index in [1.165, 1.54) is 0 Å². The second-order valence-corrected chi connectivity index (χ2v) is 4.80. The molecule has 0 aromatic heterocycles. The van der Waals surface area contributed by atoms with Crippen molar-refractivity contribution in [3.8, 4) is 0 Å². The summed E-state index contributed by atoms with van der Waals surface area (Å²) in [4.78, 5) is 0.305. The van der Waals surface area contributed by atoms with Crippen molar-refractivity contribution in [3.05, 3.63) is 0 Å². The van der Waals surface area contributed by atoms with Crippen molar-refractivity contribution in [2.75, 3.05) is 10.7 Å². The maximum atomic E-state index is 12.6. The van der Waals surface area contributed by atoms with E-state index in [0.717, 1.165) is 11.8 Å². The second-order valence-electron chi connectivity index (χ2n) is 2.06. The molecule has 0 spiro atoms. The highest BCUT2D eigenvalue weighted by atomic mass is 79.9. The van der Waals surface area contributed by atoms with Gasteiger partial charge in [-0.2, -0.15) is 0 Å². The molecule has 10 heavy (non-hydrogen) atoms. The van der Waals surface area contributed by atoms with Crippen LogP contribution in [0, 0.1) is 0 Å². The van der Waals surface area contributed by atoms with E-state index in [-0.39, 0.29) is 0 Å². The average molecular weight is 341 g/mol. The standard InChI is InChI=1S/C6H10Br3F/c7-2-1-5(9)3-6(10)4-8/h5-6H,1-4H2. The molecule has 62 valence electrons. The van der Waals surface area contributed by atoms with Crippen LogP contribution in [0.3, 0.4) is 0 Å². The van der Waals surface area contributed by atoms with Crippen LogP contribution in [0.25, 0.3) is 0 Å². The number of alkyl halides is 4. The van der Waals surface area contributed by atoms with Crippen molar-refractivity contribution in [1.82, 2.24) is 0 Å². The zero-order valence-electron chi connectivity index (χ0n) is 5.49. The Bertz CT molecular complexity index is 79.4. The predicted molar refractivity (Wildman–Crippen MR) is 54.4 cm³/mol. The average Bonchev–Trinajstić information content (AvgIpc) is 1.88. The second kappa shape index (κ2) is 7.04. The molecule has 0 aliphatic rings. The molecular formula is C6H10Br3F. The van der Waals surface area contributed by atoms with Gasteiger partial charge in [-0.1, -0.05) is 47.8 Å². The van der Waals surface area contributed by atoms with Crippen molar-refractivity contribution >= 4 is 47.8 Å². The van der Waals surface area contributed by atoms with Gasteiger partial charge in [0.25, 0.3) is 0 Å². The van der Waals surface area contributed by atoms with Crippen LogP contribution < -0.4 is 0 Å². The summed E-state index contributed by atoms with van der Waals surface area (Å²) in [6.07, 6.45) is 0.855. The fourth-order valence-electron chi connectivity index (χ4n) is 0.577. The van der Waals surface area contributed by atoms with E-state index in [1.807, 2.05) is 0 Å². The summed E-state index contributed by atoms with van der Waals surface area (Å²) in [6.45, 7) is 0. The number of rotatable bonds is 5. The summed E-state index contributed by atoms with van der Waals surface area (Å²) >= 11 is 9.77. The molecule has 0 aromatic rings. The monoisotopic (exact) mass is 338 g/mol. The first-order chi connectivity index (χ1) is 4.70. The van der Waals surface area contributed by atoms with Gasteiger partial charge in [-0.3, -0.25) is 0 Å². The summed E-state index contributed by atoms with van der Waals surface area (Å²) in [6, 6.07) is 0. The lowest BCUT2D eigenvalue weighted by molar-refractivity contribution is 0.346. The van der Waals surface area contributed by atoms with E-state index in [1.54, 1.807) is 0 Å². The molecule has 0 amide bonds. The van der Waals surface area contributed by atoms with Gasteiger partial charge in [0.1, 0.15) is 6.17 Å². The number of halogens is 4. The molecule has 0 saturated carbocycles. The predicted octanol–water partition coefficient (Wildman–Crippen LogP) is 3.66. The number of hydrogen-bond acceptors (Lipinski definition) is 0. The minimum atomic E-state index is -0.719. The van der Waals surface area contributed by atoms with E-state index in [4.69, 9.17) is 0 Å². The van der Waals surface area contributed by atoms with Gasteiger partial charge in [0.05, 0.1) is 0 Å². The topological polar surface area (TPSA) is 0 Å². The minimum absolute atomic E-state index is 0.305. The van der Waals surface area contributed by atoms with Crippen molar-refractivity contribution in [2.24, 2.45) is 0 Å². The molecule has 0 aliphatic heterocycles. The molecule has 0 heterocycles. The molecule has 0 radical (unpaired) electrons. The Balaban J connectivity index is 3.27. The van der Waals surface area contributed by atoms with E-state index < -0.39 is 6.17 Å². The molecule has 0 N–H and O–H groups in total. The Morgan fingerprint density at radius 2 is 1.90 bits per heavy atom. The van der Waals surface area contributed by atoms with Crippen LogP contribution in [-0.2, 0) is 0 Å². The van der Waals surface area contributed by atoms with Gasteiger partial charge in [0.2, 0.25) is 0 Å². The van der Waals surface area contributed by atoms with Gasteiger partial charge in [-0.25, -0.2) is 4.39 Å². The fourth-order valence-corrected chi connectivity index (χ4v) is 2.64.